The summed E-state index contributed by atoms with van der Waals surface area (Å²) in [5.74, 6) is 1.12. The molecule has 0 unspecified atom stereocenters. The number of nitrogens with one attached hydrogen (secondary N) is 2. The molecular weight excluding hydrogens is 274 g/mol. The van der Waals surface area contributed by atoms with E-state index in [9.17, 15) is 4.79 Å². The van der Waals surface area contributed by atoms with Crippen molar-refractivity contribution in [3.05, 3.63) is 53.7 Å². The maximum Gasteiger partial charge on any atom is 0.227 e. The van der Waals surface area contributed by atoms with Crippen molar-refractivity contribution in [1.82, 2.24) is 4.98 Å². The van der Waals surface area contributed by atoms with Crippen LogP contribution in [0, 0.1) is 12.8 Å². The van der Waals surface area contributed by atoms with E-state index in [1.807, 2.05) is 12.1 Å². The van der Waals surface area contributed by atoms with Gasteiger partial charge >= 0.3 is 0 Å². The van der Waals surface area contributed by atoms with E-state index in [4.69, 9.17) is 0 Å². The maximum atomic E-state index is 11.9. The highest BCUT2D eigenvalue weighted by atomic mass is 16.1. The van der Waals surface area contributed by atoms with Crippen LogP contribution >= 0.6 is 0 Å². The summed E-state index contributed by atoms with van der Waals surface area (Å²) in [7, 11) is 0. The smallest absolute Gasteiger partial charge is 0.227 e. The lowest BCUT2D eigenvalue weighted by molar-refractivity contribution is -0.122. The average Bonchev–Trinajstić information content (AvgIpc) is 2.46. The van der Waals surface area contributed by atoms with Gasteiger partial charge in [0.2, 0.25) is 5.91 Å². The van der Waals surface area contributed by atoms with Crippen LogP contribution in [0.25, 0.3) is 0 Å². The molecule has 0 saturated heterocycles. The monoisotopic (exact) mass is 295 g/mol. The van der Waals surface area contributed by atoms with Crippen molar-refractivity contribution < 1.29 is 4.79 Å². The molecule has 3 rings (SSSR count). The van der Waals surface area contributed by atoms with Crippen molar-refractivity contribution in [2.24, 2.45) is 5.92 Å². The topological polar surface area (TPSA) is 54.0 Å². The molecule has 22 heavy (non-hydrogen) atoms. The minimum atomic E-state index is 0.119. The summed E-state index contributed by atoms with van der Waals surface area (Å²) in [6.07, 6.45) is 4.89. The van der Waals surface area contributed by atoms with E-state index in [1.165, 1.54) is 11.1 Å². The highest BCUT2D eigenvalue weighted by molar-refractivity contribution is 5.92. The van der Waals surface area contributed by atoms with Crippen molar-refractivity contribution in [1.29, 1.82) is 0 Å². The normalized spacial score (nSPS) is 14.2. The van der Waals surface area contributed by atoms with Gasteiger partial charge in [-0.25, -0.2) is 4.98 Å². The van der Waals surface area contributed by atoms with Crippen LogP contribution in [0.5, 0.6) is 0 Å². The van der Waals surface area contributed by atoms with Gasteiger partial charge in [-0.2, -0.15) is 0 Å². The van der Waals surface area contributed by atoms with Crippen LogP contribution in [0.4, 0.5) is 11.5 Å². The van der Waals surface area contributed by atoms with Gasteiger partial charge in [0, 0.05) is 12.5 Å². The Morgan fingerprint density at radius 2 is 1.95 bits per heavy atom. The van der Waals surface area contributed by atoms with Crippen LogP contribution in [0.2, 0.25) is 0 Å². The van der Waals surface area contributed by atoms with Crippen molar-refractivity contribution in [3.8, 4) is 0 Å². The van der Waals surface area contributed by atoms with Crippen LogP contribution in [0.15, 0.2) is 42.6 Å². The minimum absolute atomic E-state index is 0.119. The summed E-state index contributed by atoms with van der Waals surface area (Å²) < 4.78 is 0. The van der Waals surface area contributed by atoms with E-state index in [0.29, 0.717) is 0 Å². The molecule has 1 amide bonds. The lowest BCUT2D eigenvalue weighted by Crippen LogP contribution is -2.28. The summed E-state index contributed by atoms with van der Waals surface area (Å²) in [6, 6.07) is 12.2. The number of aryl methyl sites for hydroxylation is 1. The van der Waals surface area contributed by atoms with Crippen molar-refractivity contribution in [3.63, 3.8) is 0 Å². The number of carbonyl (C=O) groups is 1. The van der Waals surface area contributed by atoms with Gasteiger partial charge in [0.1, 0.15) is 5.82 Å². The van der Waals surface area contributed by atoms with Gasteiger partial charge in [-0.15, -0.1) is 0 Å². The Bertz CT molecular complexity index is 630. The second-order valence-corrected chi connectivity index (χ2v) is 5.89. The fraction of sp³-hybridized carbons (Fsp3) is 0.333. The number of anilines is 2. The number of nitrogens with zero attached hydrogens (tertiary/aromatic N) is 1. The lowest BCUT2D eigenvalue weighted by atomic mass is 9.85. The number of pyridine rings is 1. The summed E-state index contributed by atoms with van der Waals surface area (Å²) in [5, 5.41) is 6.20. The Morgan fingerprint density at radius 1 is 1.18 bits per heavy atom. The molecule has 4 nitrogen and oxygen atoms in total. The van der Waals surface area contributed by atoms with Gasteiger partial charge in [-0.05, 0) is 37.5 Å². The molecule has 2 N–H and O–H groups in total. The first-order chi connectivity index (χ1) is 10.7. The second-order valence-electron chi connectivity index (χ2n) is 5.89. The molecule has 0 radical (unpaired) electrons. The van der Waals surface area contributed by atoms with Crippen LogP contribution in [-0.4, -0.2) is 10.9 Å². The van der Waals surface area contributed by atoms with Gasteiger partial charge in [-0.1, -0.05) is 36.2 Å². The Hall–Kier alpha value is -2.36. The third-order valence-corrected chi connectivity index (χ3v) is 4.10. The van der Waals surface area contributed by atoms with Crippen LogP contribution in [0.1, 0.15) is 30.4 Å². The molecule has 0 aliphatic heterocycles. The first-order valence-corrected chi connectivity index (χ1v) is 7.77. The van der Waals surface area contributed by atoms with E-state index in [1.54, 1.807) is 6.20 Å². The minimum Gasteiger partial charge on any atom is -0.366 e. The maximum absolute atomic E-state index is 11.9. The zero-order valence-corrected chi connectivity index (χ0v) is 12.8. The van der Waals surface area contributed by atoms with Crippen LogP contribution in [-0.2, 0) is 11.3 Å². The molecule has 0 spiro atoms. The fourth-order valence-corrected chi connectivity index (χ4v) is 2.39. The molecule has 1 aliphatic rings. The van der Waals surface area contributed by atoms with E-state index in [-0.39, 0.29) is 11.8 Å². The first-order valence-electron chi connectivity index (χ1n) is 7.77. The largest absolute Gasteiger partial charge is 0.366 e. The third-order valence-electron chi connectivity index (χ3n) is 4.10. The molecule has 1 heterocycles. The molecule has 1 aliphatic carbocycles. The molecule has 114 valence electrons. The summed E-state index contributed by atoms with van der Waals surface area (Å²) in [6.45, 7) is 2.82. The molecule has 1 aromatic carbocycles. The number of hydrogen-bond donors (Lipinski definition) is 2. The molecule has 1 aromatic heterocycles. The van der Waals surface area contributed by atoms with Gasteiger partial charge in [0.15, 0.2) is 0 Å². The zero-order valence-electron chi connectivity index (χ0n) is 12.8. The van der Waals surface area contributed by atoms with Crippen molar-refractivity contribution in [2.45, 2.75) is 32.7 Å². The molecule has 0 atom stereocenters. The van der Waals surface area contributed by atoms with E-state index >= 15 is 0 Å². The Labute approximate surface area is 131 Å². The SMILES string of the molecule is Cc1ccc(CNc2ccc(NC(=O)C3CCC3)cn2)cc1. The first kappa shape index (κ1) is 14.6. The van der Waals surface area contributed by atoms with Gasteiger partial charge in [0.25, 0.3) is 0 Å². The van der Waals surface area contributed by atoms with Gasteiger partial charge < -0.3 is 10.6 Å². The summed E-state index contributed by atoms with van der Waals surface area (Å²) in [5.41, 5.74) is 3.24. The van der Waals surface area contributed by atoms with Crippen LogP contribution in [0.3, 0.4) is 0 Å². The summed E-state index contributed by atoms with van der Waals surface area (Å²) >= 11 is 0. The van der Waals surface area contributed by atoms with E-state index < -0.39 is 0 Å². The average molecular weight is 295 g/mol. The van der Waals surface area contributed by atoms with Crippen LogP contribution < -0.4 is 10.6 Å². The van der Waals surface area contributed by atoms with Crippen molar-refractivity contribution >= 4 is 17.4 Å². The van der Waals surface area contributed by atoms with E-state index in [2.05, 4.69) is 46.8 Å². The Morgan fingerprint density at radius 3 is 2.55 bits per heavy atom. The quantitative estimate of drug-likeness (QED) is 0.883. The standard InChI is InChI=1S/C18H21N3O/c1-13-5-7-14(8-6-13)11-19-17-10-9-16(12-20-17)21-18(22)15-3-2-4-15/h5-10,12,15H,2-4,11H2,1H3,(H,19,20)(H,21,22). The fourth-order valence-electron chi connectivity index (χ4n) is 2.39. The molecule has 1 saturated carbocycles. The van der Waals surface area contributed by atoms with Gasteiger partial charge in [-0.3, -0.25) is 4.79 Å². The Balaban J connectivity index is 1.52. The molecule has 2 aromatic rings. The van der Waals surface area contributed by atoms with E-state index in [0.717, 1.165) is 37.3 Å². The molecule has 4 heteroatoms. The zero-order chi connectivity index (χ0) is 15.4. The van der Waals surface area contributed by atoms with Crippen molar-refractivity contribution in [2.75, 3.05) is 10.6 Å². The predicted molar refractivity (Wildman–Crippen MR) is 88.7 cm³/mol. The number of carbonyl (C=O) groups excluding carboxylic acids is 1. The molecule has 1 fully saturated rings. The lowest BCUT2D eigenvalue weighted by Gasteiger charge is -2.23. The highest BCUT2D eigenvalue weighted by Gasteiger charge is 2.25. The molecular formula is C18H21N3O. The second kappa shape index (κ2) is 6.60. The molecule has 0 bridgehead atoms. The number of rotatable bonds is 5. The summed E-state index contributed by atoms with van der Waals surface area (Å²) in [4.78, 5) is 16.2. The predicted octanol–water partition coefficient (Wildman–Crippen LogP) is 3.74. The number of hydrogen-bond acceptors (Lipinski definition) is 3. The Kier molecular flexibility index (Phi) is 4.37. The number of aromatic nitrogens is 1. The number of amides is 1. The number of benzene rings is 1. The third kappa shape index (κ3) is 3.64. The van der Waals surface area contributed by atoms with Gasteiger partial charge in [0.05, 0.1) is 11.9 Å². The highest BCUT2D eigenvalue weighted by Crippen LogP contribution is 2.27.